The van der Waals surface area contributed by atoms with Gasteiger partial charge in [-0.05, 0) is 6.07 Å². The number of carboxylic acids is 1. The third kappa shape index (κ3) is 3.00. The molecule has 0 unspecified atom stereocenters. The number of benzene rings is 1. The first-order valence-corrected chi connectivity index (χ1v) is 6.17. The summed E-state index contributed by atoms with van der Waals surface area (Å²) in [6.07, 6.45) is 1.35. The van der Waals surface area contributed by atoms with Crippen LogP contribution in [0.5, 0.6) is 5.75 Å². The van der Waals surface area contributed by atoms with Crippen molar-refractivity contribution in [3.05, 3.63) is 63.0 Å². The molecule has 0 saturated carbocycles. The van der Waals surface area contributed by atoms with Crippen LogP contribution in [0, 0.1) is 0 Å². The molecular weight excluding hydrogens is 282 g/mol. The number of nitrogens with zero attached hydrogens (tertiary/aromatic N) is 1. The molecule has 0 bridgehead atoms. The van der Waals surface area contributed by atoms with Gasteiger partial charge in [-0.1, -0.05) is 29.8 Å². The van der Waals surface area contributed by atoms with Crippen LogP contribution in [0.1, 0.15) is 16.1 Å². The van der Waals surface area contributed by atoms with Crippen LogP contribution in [0.2, 0.25) is 5.02 Å². The van der Waals surface area contributed by atoms with Crippen LogP contribution in [0.4, 0.5) is 0 Å². The molecule has 0 spiro atoms. The Morgan fingerprint density at radius 1 is 1.40 bits per heavy atom. The lowest BCUT2D eigenvalue weighted by atomic mass is 10.2. The molecule has 1 aromatic heterocycles. The Hall–Kier alpha value is -2.27. The van der Waals surface area contributed by atoms with Crippen molar-refractivity contribution in [2.24, 2.45) is 7.05 Å². The van der Waals surface area contributed by atoms with Crippen LogP contribution in [0.25, 0.3) is 0 Å². The summed E-state index contributed by atoms with van der Waals surface area (Å²) in [4.78, 5) is 22.7. The van der Waals surface area contributed by atoms with Gasteiger partial charge in [-0.25, -0.2) is 4.79 Å². The van der Waals surface area contributed by atoms with E-state index >= 15 is 0 Å². The Kier molecular flexibility index (Phi) is 4.10. The maximum atomic E-state index is 11.8. The highest BCUT2D eigenvalue weighted by Gasteiger charge is 2.11. The first-order valence-electron chi connectivity index (χ1n) is 5.79. The summed E-state index contributed by atoms with van der Waals surface area (Å²) in [6, 6.07) is 8.16. The van der Waals surface area contributed by atoms with Gasteiger partial charge in [-0.15, -0.1) is 0 Å². The summed E-state index contributed by atoms with van der Waals surface area (Å²) in [5, 5.41) is 9.45. The number of aryl methyl sites for hydroxylation is 1. The van der Waals surface area contributed by atoms with Gasteiger partial charge >= 0.3 is 5.97 Å². The lowest BCUT2D eigenvalue weighted by molar-refractivity contribution is 0.0685. The third-order valence-electron chi connectivity index (χ3n) is 2.76. The van der Waals surface area contributed by atoms with E-state index in [1.807, 2.05) is 6.07 Å². The van der Waals surface area contributed by atoms with Crippen molar-refractivity contribution in [3.63, 3.8) is 0 Å². The molecule has 5 nitrogen and oxygen atoms in total. The monoisotopic (exact) mass is 293 g/mol. The van der Waals surface area contributed by atoms with E-state index in [1.165, 1.54) is 17.8 Å². The van der Waals surface area contributed by atoms with Gasteiger partial charge in [-0.2, -0.15) is 0 Å². The standard InChI is InChI=1S/C14H12ClNO4/c1-16-7-13(12(17)6-11(16)14(18)19)20-8-9-4-2-3-5-10(9)15/h2-7H,8H2,1H3,(H,18,19). The van der Waals surface area contributed by atoms with E-state index in [4.69, 9.17) is 21.4 Å². The van der Waals surface area contributed by atoms with Crippen LogP contribution in [-0.4, -0.2) is 15.6 Å². The van der Waals surface area contributed by atoms with Crippen LogP contribution in [0.3, 0.4) is 0 Å². The molecule has 20 heavy (non-hydrogen) atoms. The van der Waals surface area contributed by atoms with E-state index in [0.717, 1.165) is 11.6 Å². The molecule has 1 aromatic carbocycles. The summed E-state index contributed by atoms with van der Waals surface area (Å²) in [5.74, 6) is -1.08. The van der Waals surface area contributed by atoms with E-state index in [1.54, 1.807) is 18.2 Å². The number of rotatable bonds is 4. The molecular formula is C14H12ClNO4. The minimum atomic E-state index is -1.16. The fourth-order valence-corrected chi connectivity index (χ4v) is 1.89. The average molecular weight is 294 g/mol. The Bertz CT molecular complexity index is 709. The van der Waals surface area contributed by atoms with Crippen LogP contribution in [-0.2, 0) is 13.7 Å². The second-order valence-corrected chi connectivity index (χ2v) is 4.59. The largest absolute Gasteiger partial charge is 0.483 e. The normalized spacial score (nSPS) is 10.3. The zero-order valence-electron chi connectivity index (χ0n) is 10.7. The van der Waals surface area contributed by atoms with Crippen LogP contribution < -0.4 is 10.2 Å². The van der Waals surface area contributed by atoms with Crippen molar-refractivity contribution in [1.82, 2.24) is 4.57 Å². The number of aromatic nitrogens is 1. The van der Waals surface area contributed by atoms with Crippen molar-refractivity contribution in [1.29, 1.82) is 0 Å². The molecule has 2 aromatic rings. The van der Waals surface area contributed by atoms with E-state index in [-0.39, 0.29) is 18.1 Å². The zero-order chi connectivity index (χ0) is 14.7. The smallest absolute Gasteiger partial charge is 0.352 e. The quantitative estimate of drug-likeness (QED) is 0.939. The maximum absolute atomic E-state index is 11.8. The van der Waals surface area contributed by atoms with Crippen molar-refractivity contribution in [2.45, 2.75) is 6.61 Å². The number of ether oxygens (including phenoxy) is 1. The molecule has 6 heteroatoms. The van der Waals surface area contributed by atoms with Gasteiger partial charge in [0, 0.05) is 23.7 Å². The highest BCUT2D eigenvalue weighted by molar-refractivity contribution is 6.31. The second-order valence-electron chi connectivity index (χ2n) is 4.18. The van der Waals surface area contributed by atoms with Crippen LogP contribution >= 0.6 is 11.6 Å². The zero-order valence-corrected chi connectivity index (χ0v) is 11.4. The Morgan fingerprint density at radius 2 is 2.10 bits per heavy atom. The lowest BCUT2D eigenvalue weighted by Gasteiger charge is -2.10. The number of halogens is 1. The second kappa shape index (κ2) is 5.79. The summed E-state index contributed by atoms with van der Waals surface area (Å²) in [7, 11) is 1.53. The minimum absolute atomic E-state index is 0.0809. The predicted molar refractivity (Wildman–Crippen MR) is 74.4 cm³/mol. The highest BCUT2D eigenvalue weighted by Crippen LogP contribution is 2.17. The molecule has 0 amide bonds. The van der Waals surface area contributed by atoms with Gasteiger partial charge < -0.3 is 14.4 Å². The first kappa shape index (κ1) is 14.1. The van der Waals surface area contributed by atoms with Crippen molar-refractivity contribution in [3.8, 4) is 5.75 Å². The average Bonchev–Trinajstić information content (AvgIpc) is 2.40. The minimum Gasteiger partial charge on any atom is -0.483 e. The molecule has 1 N–H and O–H groups in total. The van der Waals surface area contributed by atoms with Gasteiger partial charge in [0.05, 0.1) is 6.20 Å². The molecule has 0 aliphatic rings. The summed E-state index contributed by atoms with van der Waals surface area (Å²) in [5.41, 5.74) is 0.172. The van der Waals surface area contributed by atoms with Gasteiger partial charge in [0.15, 0.2) is 5.75 Å². The Morgan fingerprint density at radius 3 is 2.75 bits per heavy atom. The molecule has 0 fully saturated rings. The van der Waals surface area contributed by atoms with Crippen molar-refractivity contribution < 1.29 is 14.6 Å². The summed E-state index contributed by atoms with van der Waals surface area (Å²) >= 11 is 5.99. The Balaban J connectivity index is 2.23. The van der Waals surface area contributed by atoms with Gasteiger partial charge in [0.2, 0.25) is 5.43 Å². The molecule has 0 saturated heterocycles. The molecule has 1 heterocycles. The van der Waals surface area contributed by atoms with Gasteiger partial charge in [-0.3, -0.25) is 4.79 Å². The van der Waals surface area contributed by atoms with Crippen molar-refractivity contribution in [2.75, 3.05) is 0 Å². The molecule has 0 atom stereocenters. The van der Waals surface area contributed by atoms with E-state index in [0.29, 0.717) is 5.02 Å². The number of hydrogen-bond acceptors (Lipinski definition) is 3. The lowest BCUT2D eigenvalue weighted by Crippen LogP contribution is -2.16. The van der Waals surface area contributed by atoms with Gasteiger partial charge in [0.25, 0.3) is 0 Å². The topological polar surface area (TPSA) is 68.5 Å². The molecule has 0 radical (unpaired) electrons. The Labute approximate surface area is 120 Å². The predicted octanol–water partition coefficient (Wildman–Crippen LogP) is 2.32. The SMILES string of the molecule is Cn1cc(OCc2ccccc2Cl)c(=O)cc1C(=O)O. The molecule has 0 aliphatic carbocycles. The number of pyridine rings is 1. The maximum Gasteiger partial charge on any atom is 0.352 e. The summed E-state index contributed by atoms with van der Waals surface area (Å²) < 4.78 is 6.73. The van der Waals surface area contributed by atoms with E-state index < -0.39 is 11.4 Å². The van der Waals surface area contributed by atoms with Gasteiger partial charge in [0.1, 0.15) is 12.3 Å². The van der Waals surface area contributed by atoms with E-state index in [9.17, 15) is 9.59 Å². The fraction of sp³-hybridized carbons (Fsp3) is 0.143. The third-order valence-corrected chi connectivity index (χ3v) is 3.13. The van der Waals surface area contributed by atoms with Crippen molar-refractivity contribution >= 4 is 17.6 Å². The molecule has 0 aliphatic heterocycles. The molecule has 104 valence electrons. The van der Waals surface area contributed by atoms with E-state index in [2.05, 4.69) is 0 Å². The number of carbonyl (C=O) groups is 1. The number of hydrogen-bond donors (Lipinski definition) is 1. The van der Waals surface area contributed by atoms with Crippen LogP contribution in [0.15, 0.2) is 41.3 Å². The summed E-state index contributed by atoms with van der Waals surface area (Å²) in [6.45, 7) is 0.140. The number of carboxylic acid groups (broad SMARTS) is 1. The highest BCUT2D eigenvalue weighted by atomic mass is 35.5. The number of aromatic carboxylic acids is 1. The molecule has 2 rings (SSSR count). The first-order chi connectivity index (χ1) is 9.49. The fourth-order valence-electron chi connectivity index (χ4n) is 1.70.